The van der Waals surface area contributed by atoms with Crippen LogP contribution in [-0.2, 0) is 18.3 Å². The summed E-state index contributed by atoms with van der Waals surface area (Å²) in [6.45, 7) is 12.7. The number of aromatic nitrogens is 2. The molecule has 1 aromatic carbocycles. The highest BCUT2D eigenvalue weighted by Crippen LogP contribution is 2.19. The number of guanidine groups is 1. The van der Waals surface area contributed by atoms with Gasteiger partial charge in [0.05, 0.1) is 24.2 Å². The van der Waals surface area contributed by atoms with Gasteiger partial charge in [0.15, 0.2) is 5.96 Å². The molecule has 31 heavy (non-hydrogen) atoms. The van der Waals surface area contributed by atoms with E-state index in [1.54, 1.807) is 0 Å². The molecule has 1 aliphatic rings. The summed E-state index contributed by atoms with van der Waals surface area (Å²) in [6, 6.07) is 8.71. The summed E-state index contributed by atoms with van der Waals surface area (Å²) in [5.74, 6) is 2.49. The lowest BCUT2D eigenvalue weighted by Crippen LogP contribution is -2.53. The maximum absolute atomic E-state index is 5.58. The number of ether oxygens (including phenoxy) is 1. The van der Waals surface area contributed by atoms with Gasteiger partial charge in [0.2, 0.25) is 0 Å². The third-order valence-corrected chi connectivity index (χ3v) is 6.19. The fraction of sp³-hybridized carbons (Fsp3) is 0.652. The van der Waals surface area contributed by atoms with Gasteiger partial charge in [0.25, 0.3) is 0 Å². The summed E-state index contributed by atoms with van der Waals surface area (Å²) >= 11 is 0. The van der Waals surface area contributed by atoms with Gasteiger partial charge in [0.1, 0.15) is 12.4 Å². The van der Waals surface area contributed by atoms with E-state index >= 15 is 0 Å². The summed E-state index contributed by atoms with van der Waals surface area (Å²) in [4.78, 5) is 12.2. The number of aliphatic imine (C=N–C) groups is 1. The lowest BCUT2D eigenvalue weighted by atomic mass is 9.92. The van der Waals surface area contributed by atoms with Crippen LogP contribution >= 0.6 is 24.0 Å². The minimum absolute atomic E-state index is 0. The minimum Gasteiger partial charge on any atom is -0.379 e. The Labute approximate surface area is 204 Å². The third-order valence-electron chi connectivity index (χ3n) is 6.19. The van der Waals surface area contributed by atoms with Crippen LogP contribution in [0.4, 0.5) is 0 Å². The number of aryl methyl sites for hydroxylation is 1. The molecule has 0 bridgehead atoms. The second-order valence-electron chi connectivity index (χ2n) is 7.94. The first-order valence-corrected chi connectivity index (χ1v) is 11.4. The quantitative estimate of drug-likeness (QED) is 0.289. The largest absolute Gasteiger partial charge is 0.379 e. The highest BCUT2D eigenvalue weighted by Gasteiger charge is 2.27. The van der Waals surface area contributed by atoms with Gasteiger partial charge in [-0.3, -0.25) is 4.90 Å². The van der Waals surface area contributed by atoms with Crippen molar-refractivity contribution in [1.82, 2.24) is 25.1 Å². The molecule has 8 heteroatoms. The number of hydrogen-bond donors (Lipinski definition) is 2. The van der Waals surface area contributed by atoms with E-state index in [9.17, 15) is 0 Å². The Kier molecular flexibility index (Phi) is 11.0. The number of nitrogens with one attached hydrogen (secondary N) is 2. The number of imidazole rings is 1. The van der Waals surface area contributed by atoms with E-state index in [1.807, 2.05) is 12.1 Å². The van der Waals surface area contributed by atoms with Crippen LogP contribution in [0.2, 0.25) is 0 Å². The Morgan fingerprint density at radius 1 is 1.13 bits per heavy atom. The van der Waals surface area contributed by atoms with Gasteiger partial charge >= 0.3 is 0 Å². The van der Waals surface area contributed by atoms with E-state index in [4.69, 9.17) is 14.7 Å². The van der Waals surface area contributed by atoms with Crippen LogP contribution in [0.25, 0.3) is 11.0 Å². The number of para-hydroxylation sites is 2. The number of halogens is 1. The molecule has 174 valence electrons. The minimum atomic E-state index is 0. The van der Waals surface area contributed by atoms with Crippen LogP contribution < -0.4 is 10.6 Å². The normalized spacial score (nSPS) is 16.4. The van der Waals surface area contributed by atoms with Gasteiger partial charge in [-0.15, -0.1) is 24.0 Å². The molecule has 3 rings (SSSR count). The number of nitrogens with zero attached hydrogens (tertiary/aromatic N) is 4. The predicted octanol–water partition coefficient (Wildman–Crippen LogP) is 3.38. The molecular weight excluding hydrogens is 503 g/mol. The lowest BCUT2D eigenvalue weighted by Gasteiger charge is -2.39. The zero-order chi connectivity index (χ0) is 21.3. The molecule has 0 saturated carbocycles. The first kappa shape index (κ1) is 25.9. The molecular formula is C23H39IN6O. The molecule has 2 N–H and O–H groups in total. The van der Waals surface area contributed by atoms with Crippen molar-refractivity contribution in [1.29, 1.82) is 0 Å². The third kappa shape index (κ3) is 6.79. The Bertz CT molecular complexity index is 813. The molecule has 0 amide bonds. The molecule has 1 unspecified atom stereocenters. The van der Waals surface area contributed by atoms with Crippen LogP contribution in [0, 0.1) is 5.92 Å². The van der Waals surface area contributed by atoms with E-state index in [-0.39, 0.29) is 24.0 Å². The van der Waals surface area contributed by atoms with Crippen LogP contribution in [-0.4, -0.2) is 65.8 Å². The number of morpholine rings is 1. The highest BCUT2D eigenvalue weighted by molar-refractivity contribution is 14.0. The predicted molar refractivity (Wildman–Crippen MR) is 139 cm³/mol. The van der Waals surface area contributed by atoms with Gasteiger partial charge in [-0.25, -0.2) is 9.98 Å². The Morgan fingerprint density at radius 3 is 2.48 bits per heavy atom. The SMILES string of the molecule is CCNC(=NCc1nc2ccccc2n1C)NCC(C(CC)CC)N1CCOCC1.I. The number of hydrogen-bond acceptors (Lipinski definition) is 4. The molecule has 0 spiro atoms. The molecule has 7 nitrogen and oxygen atoms in total. The molecule has 1 aliphatic heterocycles. The van der Waals surface area contributed by atoms with Gasteiger partial charge in [0, 0.05) is 39.3 Å². The molecule has 2 heterocycles. The Hall–Kier alpha value is -1.39. The number of benzene rings is 1. The molecule has 0 aliphatic carbocycles. The van der Waals surface area contributed by atoms with Crippen molar-refractivity contribution in [3.05, 3.63) is 30.1 Å². The summed E-state index contributed by atoms with van der Waals surface area (Å²) < 4.78 is 7.71. The first-order valence-electron chi connectivity index (χ1n) is 11.4. The van der Waals surface area contributed by atoms with E-state index < -0.39 is 0 Å². The Balaban J connectivity index is 0.00000341. The van der Waals surface area contributed by atoms with Crippen molar-refractivity contribution in [3.8, 4) is 0 Å². The molecule has 2 aromatic rings. The van der Waals surface area contributed by atoms with Crippen molar-refractivity contribution in [2.24, 2.45) is 18.0 Å². The van der Waals surface area contributed by atoms with Crippen molar-refractivity contribution < 1.29 is 4.74 Å². The molecule has 0 radical (unpaired) electrons. The number of fused-ring (bicyclic) bond motifs is 1. The van der Waals surface area contributed by atoms with E-state index in [1.165, 1.54) is 12.8 Å². The maximum atomic E-state index is 5.58. The average molecular weight is 543 g/mol. The van der Waals surface area contributed by atoms with Crippen LogP contribution in [0.1, 0.15) is 39.4 Å². The standard InChI is InChI=1S/C23H38N6O.HI/c1-5-18(6-2)21(29-12-14-30-15-13-29)16-25-23(24-7-3)26-17-22-27-19-10-8-9-11-20(19)28(22)4;/h8-11,18,21H,5-7,12-17H2,1-4H3,(H2,24,25,26);1H. The summed E-state index contributed by atoms with van der Waals surface area (Å²) in [7, 11) is 2.06. The van der Waals surface area contributed by atoms with E-state index in [0.717, 1.165) is 62.2 Å². The first-order chi connectivity index (χ1) is 14.7. The maximum Gasteiger partial charge on any atom is 0.191 e. The van der Waals surface area contributed by atoms with Crippen molar-refractivity contribution >= 4 is 41.0 Å². The van der Waals surface area contributed by atoms with Crippen molar-refractivity contribution in [3.63, 3.8) is 0 Å². The Morgan fingerprint density at radius 2 is 1.84 bits per heavy atom. The fourth-order valence-corrected chi connectivity index (χ4v) is 4.37. The average Bonchev–Trinajstić information content (AvgIpc) is 3.11. The van der Waals surface area contributed by atoms with Crippen molar-refractivity contribution in [2.45, 2.75) is 46.2 Å². The van der Waals surface area contributed by atoms with Gasteiger partial charge in [-0.05, 0) is 25.0 Å². The summed E-state index contributed by atoms with van der Waals surface area (Å²) in [5.41, 5.74) is 2.16. The molecule has 1 aromatic heterocycles. The highest BCUT2D eigenvalue weighted by atomic mass is 127. The summed E-state index contributed by atoms with van der Waals surface area (Å²) in [6.07, 6.45) is 2.38. The van der Waals surface area contributed by atoms with E-state index in [2.05, 4.69) is 60.1 Å². The van der Waals surface area contributed by atoms with Crippen LogP contribution in [0.15, 0.2) is 29.3 Å². The lowest BCUT2D eigenvalue weighted by molar-refractivity contribution is 0.00272. The van der Waals surface area contributed by atoms with Gasteiger partial charge < -0.3 is 19.9 Å². The van der Waals surface area contributed by atoms with Crippen LogP contribution in [0.3, 0.4) is 0 Å². The summed E-state index contributed by atoms with van der Waals surface area (Å²) in [5, 5.41) is 7.01. The smallest absolute Gasteiger partial charge is 0.191 e. The fourth-order valence-electron chi connectivity index (χ4n) is 4.37. The number of rotatable bonds is 9. The zero-order valence-electron chi connectivity index (χ0n) is 19.4. The molecule has 1 saturated heterocycles. The van der Waals surface area contributed by atoms with Crippen molar-refractivity contribution in [2.75, 3.05) is 39.4 Å². The molecule has 1 atom stereocenters. The second-order valence-corrected chi connectivity index (χ2v) is 7.94. The monoisotopic (exact) mass is 542 g/mol. The molecule has 1 fully saturated rings. The van der Waals surface area contributed by atoms with Crippen LogP contribution in [0.5, 0.6) is 0 Å². The van der Waals surface area contributed by atoms with Gasteiger partial charge in [-0.2, -0.15) is 0 Å². The van der Waals surface area contributed by atoms with Gasteiger partial charge in [-0.1, -0.05) is 38.8 Å². The van der Waals surface area contributed by atoms with E-state index in [0.29, 0.717) is 18.5 Å². The zero-order valence-corrected chi connectivity index (χ0v) is 21.8. The topological polar surface area (TPSA) is 66.7 Å². The second kappa shape index (κ2) is 13.2.